The number of carboxylic acids is 1. The molecule has 0 unspecified atom stereocenters. The van der Waals surface area contributed by atoms with Gasteiger partial charge in [0.1, 0.15) is 15.7 Å². The van der Waals surface area contributed by atoms with Gasteiger partial charge in [0, 0.05) is 19.7 Å². The zero-order valence-corrected chi connectivity index (χ0v) is 16.1. The highest BCUT2D eigenvalue weighted by atomic mass is 32.2. The Labute approximate surface area is 158 Å². The summed E-state index contributed by atoms with van der Waals surface area (Å²) < 4.78 is 2.24. The van der Waals surface area contributed by atoms with E-state index in [0.29, 0.717) is 5.82 Å². The number of aromatic nitrogens is 4. The van der Waals surface area contributed by atoms with E-state index in [1.165, 1.54) is 25.6 Å². The molecule has 8 nitrogen and oxygen atoms in total. The van der Waals surface area contributed by atoms with Crippen LogP contribution in [0.2, 0.25) is 0 Å². The van der Waals surface area contributed by atoms with Crippen LogP contribution in [0.3, 0.4) is 0 Å². The van der Waals surface area contributed by atoms with Gasteiger partial charge in [-0.25, -0.2) is 14.8 Å². The Hall–Kier alpha value is -2.94. The van der Waals surface area contributed by atoms with Crippen LogP contribution in [0.25, 0.3) is 22.4 Å². The SMILES string of the molecule is Cc1cccc(-c2nc(S[C@H](C)C(=O)O)c3c(=O)n(C)c(=O)n(C)c3n2)c1. The molecule has 0 aliphatic heterocycles. The average Bonchev–Trinajstić information content (AvgIpc) is 2.63. The molecule has 9 heteroatoms. The summed E-state index contributed by atoms with van der Waals surface area (Å²) in [4.78, 5) is 45.2. The van der Waals surface area contributed by atoms with E-state index >= 15 is 0 Å². The molecule has 0 spiro atoms. The number of aliphatic carboxylic acids is 1. The third-order valence-electron chi connectivity index (χ3n) is 4.18. The van der Waals surface area contributed by atoms with Gasteiger partial charge in [-0.15, -0.1) is 0 Å². The van der Waals surface area contributed by atoms with Crippen molar-refractivity contribution < 1.29 is 9.90 Å². The van der Waals surface area contributed by atoms with Gasteiger partial charge in [-0.05, 0) is 19.9 Å². The fourth-order valence-corrected chi connectivity index (χ4v) is 3.52. The third-order valence-corrected chi connectivity index (χ3v) is 5.25. The van der Waals surface area contributed by atoms with Crippen LogP contribution < -0.4 is 11.2 Å². The van der Waals surface area contributed by atoms with Crippen molar-refractivity contribution >= 4 is 28.8 Å². The number of thioether (sulfide) groups is 1. The first-order valence-corrected chi connectivity index (χ1v) is 9.03. The first kappa shape index (κ1) is 18.8. The fourth-order valence-electron chi connectivity index (χ4n) is 2.65. The largest absolute Gasteiger partial charge is 0.480 e. The second-order valence-electron chi connectivity index (χ2n) is 6.22. The Morgan fingerprint density at radius 3 is 2.52 bits per heavy atom. The molecule has 2 heterocycles. The van der Waals surface area contributed by atoms with Crippen LogP contribution >= 0.6 is 11.8 Å². The third kappa shape index (κ3) is 3.37. The van der Waals surface area contributed by atoms with Crippen LogP contribution in [0.1, 0.15) is 12.5 Å². The van der Waals surface area contributed by atoms with Gasteiger partial charge in [0.05, 0.1) is 0 Å². The summed E-state index contributed by atoms with van der Waals surface area (Å²) in [6.45, 7) is 3.44. The molecule has 3 rings (SSSR count). The average molecular weight is 386 g/mol. The monoisotopic (exact) mass is 386 g/mol. The standard InChI is InChI=1S/C18H18N4O4S/c1-9-6-5-7-11(8-9)13-19-14-12(15(20-13)27-10(2)17(24)25)16(23)22(4)18(26)21(14)3/h5-8,10H,1-4H3,(H,24,25)/t10-/m1/s1. The van der Waals surface area contributed by atoms with Crippen LogP contribution in [0.5, 0.6) is 0 Å². The van der Waals surface area contributed by atoms with E-state index in [1.54, 1.807) is 0 Å². The van der Waals surface area contributed by atoms with Gasteiger partial charge in [-0.1, -0.05) is 35.5 Å². The van der Waals surface area contributed by atoms with E-state index in [9.17, 15) is 19.5 Å². The van der Waals surface area contributed by atoms with E-state index < -0.39 is 22.5 Å². The minimum atomic E-state index is -1.02. The van der Waals surface area contributed by atoms with Gasteiger partial charge in [0.25, 0.3) is 5.56 Å². The normalized spacial score (nSPS) is 12.3. The van der Waals surface area contributed by atoms with E-state index in [-0.39, 0.29) is 16.1 Å². The molecule has 0 saturated heterocycles. The Morgan fingerprint density at radius 2 is 1.89 bits per heavy atom. The van der Waals surface area contributed by atoms with Crippen molar-refractivity contribution in [3.05, 3.63) is 50.7 Å². The smallest absolute Gasteiger partial charge is 0.332 e. The summed E-state index contributed by atoms with van der Waals surface area (Å²) in [5.74, 6) is -0.694. The zero-order chi connectivity index (χ0) is 19.9. The predicted molar refractivity (Wildman–Crippen MR) is 103 cm³/mol. The molecule has 1 aromatic carbocycles. The highest BCUT2D eigenvalue weighted by Gasteiger charge is 2.22. The number of nitrogens with zero attached hydrogens (tertiary/aromatic N) is 4. The summed E-state index contributed by atoms with van der Waals surface area (Å²) in [6, 6.07) is 7.49. The molecule has 1 atom stereocenters. The van der Waals surface area contributed by atoms with Gasteiger partial charge in [-0.3, -0.25) is 18.7 Å². The summed E-state index contributed by atoms with van der Waals surface area (Å²) in [5.41, 5.74) is 0.833. The number of aryl methyl sites for hydroxylation is 2. The van der Waals surface area contributed by atoms with Crippen LogP contribution in [0.4, 0.5) is 0 Å². The molecule has 0 aliphatic carbocycles. The highest BCUT2D eigenvalue weighted by molar-refractivity contribution is 8.00. The van der Waals surface area contributed by atoms with Crippen LogP contribution in [-0.2, 0) is 18.9 Å². The van der Waals surface area contributed by atoms with Crippen LogP contribution in [0, 0.1) is 6.92 Å². The van der Waals surface area contributed by atoms with Crippen LogP contribution in [0.15, 0.2) is 38.9 Å². The molecule has 27 heavy (non-hydrogen) atoms. The predicted octanol–water partition coefficient (Wildman–Crippen LogP) is 1.57. The van der Waals surface area contributed by atoms with E-state index in [1.807, 2.05) is 31.2 Å². The maximum atomic E-state index is 12.7. The van der Waals surface area contributed by atoms with Gasteiger partial charge >= 0.3 is 11.7 Å². The maximum absolute atomic E-state index is 12.7. The topological polar surface area (TPSA) is 107 Å². The molecular weight excluding hydrogens is 368 g/mol. The highest BCUT2D eigenvalue weighted by Crippen LogP contribution is 2.29. The molecule has 0 bridgehead atoms. The van der Waals surface area contributed by atoms with Crippen molar-refractivity contribution in [2.45, 2.75) is 24.1 Å². The lowest BCUT2D eigenvalue weighted by Gasteiger charge is -2.13. The van der Waals surface area contributed by atoms with Crippen molar-refractivity contribution in [3.8, 4) is 11.4 Å². The maximum Gasteiger partial charge on any atom is 0.332 e. The lowest BCUT2D eigenvalue weighted by Crippen LogP contribution is -2.37. The molecule has 0 amide bonds. The number of rotatable bonds is 4. The van der Waals surface area contributed by atoms with Crippen molar-refractivity contribution in [3.63, 3.8) is 0 Å². The number of hydrogen-bond acceptors (Lipinski definition) is 6. The molecule has 0 radical (unpaired) electrons. The summed E-state index contributed by atoms with van der Waals surface area (Å²) >= 11 is 0.952. The second-order valence-corrected chi connectivity index (χ2v) is 7.55. The van der Waals surface area contributed by atoms with E-state index in [2.05, 4.69) is 9.97 Å². The number of carboxylic acid groups (broad SMARTS) is 1. The fraction of sp³-hybridized carbons (Fsp3) is 0.278. The summed E-state index contributed by atoms with van der Waals surface area (Å²) in [6.07, 6.45) is 0. The molecule has 3 aromatic rings. The molecule has 2 aromatic heterocycles. The molecule has 140 valence electrons. The first-order chi connectivity index (χ1) is 12.7. The van der Waals surface area contributed by atoms with Gasteiger partial charge in [0.2, 0.25) is 0 Å². The van der Waals surface area contributed by atoms with E-state index in [4.69, 9.17) is 0 Å². The minimum absolute atomic E-state index is 0.133. The van der Waals surface area contributed by atoms with Crippen LogP contribution in [-0.4, -0.2) is 35.4 Å². The molecular formula is C18H18N4O4S. The Morgan fingerprint density at radius 1 is 1.19 bits per heavy atom. The molecule has 0 fully saturated rings. The molecule has 0 aliphatic rings. The van der Waals surface area contributed by atoms with Crippen molar-refractivity contribution in [1.29, 1.82) is 0 Å². The van der Waals surface area contributed by atoms with E-state index in [0.717, 1.165) is 27.5 Å². The lowest BCUT2D eigenvalue weighted by atomic mass is 10.1. The molecule has 1 N–H and O–H groups in total. The van der Waals surface area contributed by atoms with Gasteiger partial charge < -0.3 is 5.11 Å². The number of benzene rings is 1. The van der Waals surface area contributed by atoms with Gasteiger partial charge in [-0.2, -0.15) is 0 Å². The van der Waals surface area contributed by atoms with Gasteiger partial charge in [0.15, 0.2) is 11.5 Å². The Bertz CT molecular complexity index is 1180. The van der Waals surface area contributed by atoms with Crippen molar-refractivity contribution in [2.24, 2.45) is 14.1 Å². The Kier molecular flexibility index (Phi) is 4.88. The summed E-state index contributed by atoms with van der Waals surface area (Å²) in [5, 5.41) is 8.81. The summed E-state index contributed by atoms with van der Waals surface area (Å²) in [7, 11) is 2.89. The first-order valence-electron chi connectivity index (χ1n) is 8.15. The van der Waals surface area contributed by atoms with Crippen molar-refractivity contribution in [1.82, 2.24) is 19.1 Å². The Balaban J connectivity index is 2.40. The lowest BCUT2D eigenvalue weighted by molar-refractivity contribution is -0.136. The minimum Gasteiger partial charge on any atom is -0.480 e. The zero-order valence-electron chi connectivity index (χ0n) is 15.3. The number of carbonyl (C=O) groups is 1. The number of hydrogen-bond donors (Lipinski definition) is 1. The quantitative estimate of drug-likeness (QED) is 0.536. The second kappa shape index (κ2) is 6.99. The molecule has 0 saturated carbocycles. The van der Waals surface area contributed by atoms with Crippen molar-refractivity contribution in [2.75, 3.05) is 0 Å². The number of fused-ring (bicyclic) bond motifs is 1.